The quantitative estimate of drug-likeness (QED) is 0.931. The molecule has 2 N–H and O–H groups in total. The van der Waals surface area contributed by atoms with Gasteiger partial charge >= 0.3 is 0 Å². The van der Waals surface area contributed by atoms with Gasteiger partial charge in [0, 0.05) is 17.8 Å². The molecule has 0 saturated heterocycles. The summed E-state index contributed by atoms with van der Waals surface area (Å²) in [5.41, 5.74) is 7.18. The number of nitrogens with two attached hydrogens (primary N) is 1. The molecule has 1 amide bonds. The minimum absolute atomic E-state index is 0.0844. The molecule has 0 radical (unpaired) electrons. The van der Waals surface area contributed by atoms with Crippen LogP contribution in [0.2, 0.25) is 0 Å². The number of hydrogen-bond donors (Lipinski definition) is 1. The highest BCUT2D eigenvalue weighted by Gasteiger charge is 2.43. The van der Waals surface area contributed by atoms with E-state index in [0.29, 0.717) is 0 Å². The summed E-state index contributed by atoms with van der Waals surface area (Å²) in [5, 5.41) is 0. The van der Waals surface area contributed by atoms with Crippen LogP contribution in [0.15, 0.2) is 18.2 Å². The third kappa shape index (κ3) is 2.77. The van der Waals surface area contributed by atoms with Crippen LogP contribution in [0.4, 0.5) is 5.69 Å². The van der Waals surface area contributed by atoms with Crippen LogP contribution >= 0.6 is 0 Å². The number of carbonyl (C=O) groups excluding carboxylic acids is 1. The second-order valence-corrected chi connectivity index (χ2v) is 6.90. The van der Waals surface area contributed by atoms with Crippen molar-refractivity contribution < 1.29 is 9.53 Å². The molecule has 0 aliphatic carbocycles. The highest BCUT2D eigenvalue weighted by Crippen LogP contribution is 2.36. The van der Waals surface area contributed by atoms with Crippen molar-refractivity contribution in [2.75, 3.05) is 18.6 Å². The minimum atomic E-state index is -0.623. The van der Waals surface area contributed by atoms with Gasteiger partial charge in [-0.15, -0.1) is 0 Å². The number of benzene rings is 1. The van der Waals surface area contributed by atoms with Crippen molar-refractivity contribution in [3.05, 3.63) is 23.8 Å². The van der Waals surface area contributed by atoms with Crippen molar-refractivity contribution in [1.82, 2.24) is 0 Å². The van der Waals surface area contributed by atoms with Gasteiger partial charge in [-0.25, -0.2) is 0 Å². The van der Waals surface area contributed by atoms with Crippen LogP contribution in [0.5, 0.6) is 5.75 Å². The first-order chi connectivity index (χ1) is 9.68. The molecule has 0 saturated carbocycles. The van der Waals surface area contributed by atoms with E-state index in [9.17, 15) is 4.79 Å². The Morgan fingerprint density at radius 3 is 2.52 bits per heavy atom. The van der Waals surface area contributed by atoms with Gasteiger partial charge in [0.05, 0.1) is 12.5 Å². The van der Waals surface area contributed by atoms with Gasteiger partial charge < -0.3 is 15.4 Å². The average molecular weight is 290 g/mol. The molecule has 116 valence electrons. The van der Waals surface area contributed by atoms with Crippen molar-refractivity contribution in [3.63, 3.8) is 0 Å². The second kappa shape index (κ2) is 5.34. The molecule has 0 atom stereocenters. The summed E-state index contributed by atoms with van der Waals surface area (Å²) < 4.78 is 5.27. The van der Waals surface area contributed by atoms with E-state index in [2.05, 4.69) is 0 Å². The normalized spacial score (nSPS) is 15.6. The van der Waals surface area contributed by atoms with Crippen LogP contribution in [0.1, 0.15) is 39.7 Å². The zero-order valence-corrected chi connectivity index (χ0v) is 13.7. The lowest BCUT2D eigenvalue weighted by molar-refractivity contribution is -0.129. The van der Waals surface area contributed by atoms with Gasteiger partial charge in [-0.1, -0.05) is 0 Å². The molecule has 0 fully saturated rings. The number of aryl methyl sites for hydroxylation is 1. The smallest absolute Gasteiger partial charge is 0.234 e. The first kappa shape index (κ1) is 15.8. The largest absolute Gasteiger partial charge is 0.497 e. The van der Waals surface area contributed by atoms with Crippen LogP contribution < -0.4 is 15.4 Å². The number of hydrogen-bond acceptors (Lipinski definition) is 3. The van der Waals surface area contributed by atoms with E-state index < -0.39 is 11.0 Å². The molecule has 0 bridgehead atoms. The van der Waals surface area contributed by atoms with Gasteiger partial charge in [0.15, 0.2) is 0 Å². The van der Waals surface area contributed by atoms with Gasteiger partial charge in [0.1, 0.15) is 5.75 Å². The van der Waals surface area contributed by atoms with Crippen LogP contribution in [0, 0.1) is 5.41 Å². The van der Waals surface area contributed by atoms with Gasteiger partial charge in [-0.2, -0.15) is 0 Å². The maximum atomic E-state index is 13.0. The SMILES string of the molecule is COc1ccc2c(c1)CCCN2C(=O)C(C)(C)C(C)(C)N. The molecule has 1 aliphatic heterocycles. The third-order valence-corrected chi connectivity index (χ3v) is 4.80. The third-order valence-electron chi connectivity index (χ3n) is 4.80. The Hall–Kier alpha value is -1.55. The Morgan fingerprint density at radius 1 is 1.29 bits per heavy atom. The van der Waals surface area contributed by atoms with Gasteiger partial charge in [-0.3, -0.25) is 4.79 Å². The molecule has 1 aromatic rings. The van der Waals surface area contributed by atoms with E-state index in [4.69, 9.17) is 10.5 Å². The Labute approximate surface area is 127 Å². The number of fused-ring (bicyclic) bond motifs is 1. The molecule has 21 heavy (non-hydrogen) atoms. The fourth-order valence-corrected chi connectivity index (χ4v) is 2.52. The van der Waals surface area contributed by atoms with Crippen molar-refractivity contribution in [2.45, 2.75) is 46.1 Å². The summed E-state index contributed by atoms with van der Waals surface area (Å²) in [6.45, 7) is 8.41. The Balaban J connectivity index is 2.38. The first-order valence-corrected chi connectivity index (χ1v) is 7.46. The second-order valence-electron chi connectivity index (χ2n) is 6.90. The standard InChI is InChI=1S/C17H26N2O2/c1-16(2,17(3,4)18)15(20)19-10-6-7-12-11-13(21-5)8-9-14(12)19/h8-9,11H,6-7,10,18H2,1-5H3. The van der Waals surface area contributed by atoms with Crippen LogP contribution in [0.3, 0.4) is 0 Å². The molecule has 0 unspecified atom stereocenters. The highest BCUT2D eigenvalue weighted by atomic mass is 16.5. The fourth-order valence-electron chi connectivity index (χ4n) is 2.52. The number of rotatable bonds is 3. The minimum Gasteiger partial charge on any atom is -0.497 e. The molecule has 4 heteroatoms. The Kier molecular flexibility index (Phi) is 4.02. The van der Waals surface area contributed by atoms with E-state index in [1.54, 1.807) is 7.11 Å². The zero-order chi connectivity index (χ0) is 15.8. The molecular formula is C17H26N2O2. The number of ether oxygens (including phenoxy) is 1. The van der Waals surface area contributed by atoms with Crippen LogP contribution in [-0.4, -0.2) is 25.1 Å². The molecule has 0 aromatic heterocycles. The van der Waals surface area contributed by atoms with Crippen molar-refractivity contribution in [3.8, 4) is 5.75 Å². The van der Waals surface area contributed by atoms with E-state index in [0.717, 1.165) is 30.8 Å². The molecule has 0 spiro atoms. The Bertz CT molecular complexity index is 544. The van der Waals surface area contributed by atoms with E-state index in [1.807, 2.05) is 50.8 Å². The topological polar surface area (TPSA) is 55.6 Å². The lowest BCUT2D eigenvalue weighted by atomic mass is 9.73. The average Bonchev–Trinajstić information content (AvgIpc) is 2.43. The maximum absolute atomic E-state index is 13.0. The lowest BCUT2D eigenvalue weighted by Crippen LogP contribution is -2.57. The molecule has 1 aliphatic rings. The number of nitrogens with zero attached hydrogens (tertiary/aromatic N) is 1. The predicted octanol–water partition coefficient (Wildman–Crippen LogP) is 2.74. The lowest BCUT2D eigenvalue weighted by Gasteiger charge is -2.42. The van der Waals surface area contributed by atoms with Gasteiger partial charge in [0.2, 0.25) is 5.91 Å². The zero-order valence-electron chi connectivity index (χ0n) is 13.7. The molecule has 2 rings (SSSR count). The predicted molar refractivity (Wildman–Crippen MR) is 85.7 cm³/mol. The summed E-state index contributed by atoms with van der Waals surface area (Å²) in [7, 11) is 1.66. The number of methoxy groups -OCH3 is 1. The van der Waals surface area contributed by atoms with Crippen molar-refractivity contribution in [1.29, 1.82) is 0 Å². The first-order valence-electron chi connectivity index (χ1n) is 7.46. The summed E-state index contributed by atoms with van der Waals surface area (Å²) in [5.74, 6) is 0.919. The maximum Gasteiger partial charge on any atom is 0.234 e. The monoisotopic (exact) mass is 290 g/mol. The van der Waals surface area contributed by atoms with E-state index in [-0.39, 0.29) is 5.91 Å². The fraction of sp³-hybridized carbons (Fsp3) is 0.588. The van der Waals surface area contributed by atoms with E-state index in [1.165, 1.54) is 5.56 Å². The van der Waals surface area contributed by atoms with Gasteiger partial charge in [-0.05, 0) is 64.3 Å². The summed E-state index contributed by atoms with van der Waals surface area (Å²) in [6, 6.07) is 5.91. The van der Waals surface area contributed by atoms with Gasteiger partial charge in [0.25, 0.3) is 0 Å². The number of anilines is 1. The Morgan fingerprint density at radius 2 is 1.95 bits per heavy atom. The van der Waals surface area contributed by atoms with Crippen LogP contribution in [0.25, 0.3) is 0 Å². The number of carbonyl (C=O) groups is 1. The highest BCUT2D eigenvalue weighted by molar-refractivity contribution is 5.99. The summed E-state index contributed by atoms with van der Waals surface area (Å²) >= 11 is 0. The summed E-state index contributed by atoms with van der Waals surface area (Å²) in [6.07, 6.45) is 1.94. The van der Waals surface area contributed by atoms with Crippen LogP contribution in [-0.2, 0) is 11.2 Å². The molecule has 1 aromatic carbocycles. The molecule has 1 heterocycles. The summed E-state index contributed by atoms with van der Waals surface area (Å²) in [4.78, 5) is 14.9. The molecule has 4 nitrogen and oxygen atoms in total. The van der Waals surface area contributed by atoms with Crippen molar-refractivity contribution >= 4 is 11.6 Å². The van der Waals surface area contributed by atoms with E-state index >= 15 is 0 Å². The van der Waals surface area contributed by atoms with Crippen molar-refractivity contribution in [2.24, 2.45) is 11.1 Å². The number of amides is 1. The molecular weight excluding hydrogens is 264 g/mol.